The molecule has 0 aromatic heterocycles. The number of nitrogens with zero attached hydrogens (tertiary/aromatic N) is 1. The van der Waals surface area contributed by atoms with Gasteiger partial charge in [-0.2, -0.15) is 17.4 Å². The van der Waals surface area contributed by atoms with E-state index in [-0.39, 0.29) is 39.1 Å². The summed E-state index contributed by atoms with van der Waals surface area (Å²) in [5, 5.41) is 8.81. The Morgan fingerprint density at radius 3 is 2.42 bits per heavy atom. The molecule has 1 amide bonds. The molecule has 0 aromatic rings. The van der Waals surface area contributed by atoms with E-state index in [4.69, 9.17) is 10.8 Å². The maximum Gasteiger partial charge on any atom is 0.404 e. The van der Waals surface area contributed by atoms with Crippen molar-refractivity contribution in [2.24, 2.45) is 11.7 Å². The lowest BCUT2D eigenvalue weighted by Crippen LogP contribution is -2.46. The van der Waals surface area contributed by atoms with Gasteiger partial charge in [0.1, 0.15) is 6.61 Å². The van der Waals surface area contributed by atoms with Crippen molar-refractivity contribution in [3.8, 4) is 0 Å². The molecule has 110 valence electrons. The quantitative estimate of drug-likeness (QED) is 0.521. The van der Waals surface area contributed by atoms with Crippen LogP contribution in [0.4, 0.5) is 4.79 Å². The van der Waals surface area contributed by atoms with Crippen LogP contribution in [-0.2, 0) is 19.7 Å². The molecule has 0 saturated carbocycles. The zero-order valence-corrected chi connectivity index (χ0v) is 11.1. The van der Waals surface area contributed by atoms with Crippen LogP contribution in [0.25, 0.3) is 0 Å². The summed E-state index contributed by atoms with van der Waals surface area (Å²) in [6.45, 7) is 0.0796. The van der Waals surface area contributed by atoms with Crippen molar-refractivity contribution in [1.29, 1.82) is 0 Å². The smallest absolute Gasteiger partial charge is 0.404 e. The van der Waals surface area contributed by atoms with Crippen LogP contribution < -0.4 is 10.5 Å². The number of carboxylic acids is 1. The molecule has 9 nitrogen and oxygen atoms in total. The van der Waals surface area contributed by atoms with Crippen LogP contribution >= 0.6 is 0 Å². The first kappa shape index (κ1) is 15.7. The highest BCUT2D eigenvalue weighted by molar-refractivity contribution is 7.87. The number of aliphatic carboxylic acids is 1. The number of rotatable bonds is 6. The third-order valence-corrected chi connectivity index (χ3v) is 4.39. The predicted octanol–water partition coefficient (Wildman–Crippen LogP) is -1.29. The first-order chi connectivity index (χ1) is 8.83. The van der Waals surface area contributed by atoms with Gasteiger partial charge in [0.2, 0.25) is 0 Å². The minimum atomic E-state index is -3.67. The molecule has 0 spiro atoms. The van der Waals surface area contributed by atoms with Crippen LogP contribution in [0.2, 0.25) is 0 Å². The number of hydrogen-bond donors (Lipinski definition) is 3. The number of nitrogens with one attached hydrogen (secondary N) is 1. The van der Waals surface area contributed by atoms with Gasteiger partial charge in [0.15, 0.2) is 0 Å². The average Bonchev–Trinajstić information content (AvgIpc) is 2.34. The molecule has 1 aliphatic heterocycles. The molecule has 10 heteroatoms. The third kappa shape index (κ3) is 5.01. The first-order valence-electron chi connectivity index (χ1n) is 5.72. The Morgan fingerprint density at radius 1 is 1.37 bits per heavy atom. The van der Waals surface area contributed by atoms with Crippen LogP contribution in [0.1, 0.15) is 12.8 Å². The fourth-order valence-corrected chi connectivity index (χ4v) is 2.97. The summed E-state index contributed by atoms with van der Waals surface area (Å²) in [5.41, 5.74) is 4.72. The maximum atomic E-state index is 11.8. The Labute approximate surface area is 110 Å². The summed E-state index contributed by atoms with van der Waals surface area (Å²) in [6, 6.07) is 0. The highest BCUT2D eigenvalue weighted by atomic mass is 32.2. The molecular formula is C9H17N3O6S. The Morgan fingerprint density at radius 2 is 1.95 bits per heavy atom. The third-order valence-electron chi connectivity index (χ3n) is 2.77. The molecule has 1 fully saturated rings. The monoisotopic (exact) mass is 295 g/mol. The van der Waals surface area contributed by atoms with Gasteiger partial charge in [0.25, 0.3) is 10.2 Å². The van der Waals surface area contributed by atoms with E-state index in [2.05, 4.69) is 9.46 Å². The van der Waals surface area contributed by atoms with Gasteiger partial charge in [0, 0.05) is 19.6 Å². The average molecular weight is 295 g/mol. The number of carboxylic acid groups (broad SMARTS) is 1. The van der Waals surface area contributed by atoms with E-state index in [1.54, 1.807) is 0 Å². The van der Waals surface area contributed by atoms with E-state index in [1.807, 2.05) is 0 Å². The largest absolute Gasteiger partial charge is 0.481 e. The molecular weight excluding hydrogens is 278 g/mol. The minimum Gasteiger partial charge on any atom is -0.481 e. The summed E-state index contributed by atoms with van der Waals surface area (Å²) in [5.74, 6) is -1.40. The van der Waals surface area contributed by atoms with Crippen molar-refractivity contribution in [2.75, 3.05) is 26.2 Å². The second kappa shape index (κ2) is 6.68. The summed E-state index contributed by atoms with van der Waals surface area (Å²) in [6.07, 6.45) is -0.399. The van der Waals surface area contributed by atoms with E-state index < -0.39 is 28.2 Å². The lowest BCUT2D eigenvalue weighted by Gasteiger charge is -2.29. The van der Waals surface area contributed by atoms with Crippen molar-refractivity contribution in [1.82, 2.24) is 9.03 Å². The van der Waals surface area contributed by atoms with Crippen molar-refractivity contribution >= 4 is 22.3 Å². The van der Waals surface area contributed by atoms with Crippen LogP contribution in [0, 0.1) is 5.92 Å². The fraction of sp³-hybridized carbons (Fsp3) is 0.778. The molecule has 0 unspecified atom stereocenters. The first-order valence-corrected chi connectivity index (χ1v) is 7.16. The molecule has 4 N–H and O–H groups in total. The van der Waals surface area contributed by atoms with Gasteiger partial charge >= 0.3 is 12.1 Å². The van der Waals surface area contributed by atoms with Gasteiger partial charge in [0.05, 0.1) is 5.92 Å². The van der Waals surface area contributed by atoms with Gasteiger partial charge in [-0.05, 0) is 12.8 Å². The second-order valence-electron chi connectivity index (χ2n) is 4.08. The highest BCUT2D eigenvalue weighted by Gasteiger charge is 2.30. The lowest BCUT2D eigenvalue weighted by atomic mass is 9.99. The molecule has 0 radical (unpaired) electrons. The van der Waals surface area contributed by atoms with E-state index in [1.165, 1.54) is 4.31 Å². The maximum absolute atomic E-state index is 11.8. The van der Waals surface area contributed by atoms with Crippen LogP contribution in [-0.4, -0.2) is 56.1 Å². The number of carbonyl (C=O) groups is 2. The summed E-state index contributed by atoms with van der Waals surface area (Å²) in [4.78, 5) is 21.0. The Balaban J connectivity index is 2.38. The van der Waals surface area contributed by atoms with Crippen LogP contribution in [0.15, 0.2) is 0 Å². The molecule has 0 aromatic carbocycles. The molecule has 0 atom stereocenters. The summed E-state index contributed by atoms with van der Waals surface area (Å²) >= 11 is 0. The number of hydrogen-bond acceptors (Lipinski definition) is 5. The van der Waals surface area contributed by atoms with Crippen LogP contribution in [0.3, 0.4) is 0 Å². The lowest BCUT2D eigenvalue weighted by molar-refractivity contribution is -0.142. The molecule has 19 heavy (non-hydrogen) atoms. The molecule has 1 aliphatic rings. The van der Waals surface area contributed by atoms with Crippen molar-refractivity contribution in [3.05, 3.63) is 0 Å². The van der Waals surface area contributed by atoms with Gasteiger partial charge < -0.3 is 15.6 Å². The summed E-state index contributed by atoms with van der Waals surface area (Å²) in [7, 11) is -3.67. The minimum absolute atomic E-state index is 0.0792. The number of nitrogens with two attached hydrogens (primary N) is 1. The molecule has 1 heterocycles. The summed E-state index contributed by atoms with van der Waals surface area (Å²) < 4.78 is 31.4. The number of ether oxygens (including phenoxy) is 1. The molecule has 0 bridgehead atoms. The van der Waals surface area contributed by atoms with Crippen molar-refractivity contribution < 1.29 is 27.9 Å². The SMILES string of the molecule is NC(=O)OCCNS(=O)(=O)N1CCC(C(=O)O)CC1. The van der Waals surface area contributed by atoms with Gasteiger partial charge in [-0.3, -0.25) is 4.79 Å². The Kier molecular flexibility index (Phi) is 5.51. The topological polar surface area (TPSA) is 139 Å². The highest BCUT2D eigenvalue weighted by Crippen LogP contribution is 2.18. The van der Waals surface area contributed by atoms with E-state index >= 15 is 0 Å². The zero-order chi connectivity index (χ0) is 14.5. The standard InChI is InChI=1S/C9H17N3O6S/c10-9(15)18-6-3-11-19(16,17)12-4-1-7(2-5-12)8(13)14/h7,11H,1-6H2,(H2,10,15)(H,13,14). The number of primary amides is 1. The van der Waals surface area contributed by atoms with Crippen LogP contribution in [0.5, 0.6) is 0 Å². The van der Waals surface area contributed by atoms with E-state index in [0.29, 0.717) is 0 Å². The molecule has 1 saturated heterocycles. The Hall–Kier alpha value is -1.39. The molecule has 0 aliphatic carbocycles. The van der Waals surface area contributed by atoms with Crippen molar-refractivity contribution in [2.45, 2.75) is 12.8 Å². The predicted molar refractivity (Wildman–Crippen MR) is 64.4 cm³/mol. The Bertz CT molecular complexity index is 429. The number of carbonyl (C=O) groups excluding carboxylic acids is 1. The molecule has 1 rings (SSSR count). The normalized spacial score (nSPS) is 18.1. The second-order valence-corrected chi connectivity index (χ2v) is 5.83. The fourth-order valence-electron chi connectivity index (χ4n) is 1.76. The van der Waals surface area contributed by atoms with E-state index in [0.717, 1.165) is 0 Å². The van der Waals surface area contributed by atoms with Gasteiger partial charge in [-0.25, -0.2) is 4.79 Å². The van der Waals surface area contributed by atoms with Gasteiger partial charge in [-0.1, -0.05) is 0 Å². The number of amides is 1. The van der Waals surface area contributed by atoms with E-state index in [9.17, 15) is 18.0 Å². The van der Waals surface area contributed by atoms with Crippen molar-refractivity contribution in [3.63, 3.8) is 0 Å². The number of piperidine rings is 1. The van der Waals surface area contributed by atoms with Gasteiger partial charge in [-0.15, -0.1) is 0 Å². The zero-order valence-electron chi connectivity index (χ0n) is 10.2.